The van der Waals surface area contributed by atoms with E-state index in [1.165, 1.54) is 19.3 Å². The van der Waals surface area contributed by atoms with Gasteiger partial charge >= 0.3 is 5.97 Å². The molecule has 6 nitrogen and oxygen atoms in total. The van der Waals surface area contributed by atoms with Crippen molar-refractivity contribution in [1.29, 1.82) is 0 Å². The zero-order valence-electron chi connectivity index (χ0n) is 14.3. The van der Waals surface area contributed by atoms with Crippen LogP contribution in [-0.4, -0.2) is 41.3 Å². The molecule has 0 heterocycles. The average molecular weight is 351 g/mol. The Labute approximate surface area is 144 Å². The van der Waals surface area contributed by atoms with Gasteiger partial charge in [0.2, 0.25) is 0 Å². The van der Waals surface area contributed by atoms with Crippen LogP contribution < -0.4 is 11.1 Å². The number of amides is 1. The number of aliphatic hydroxyl groups excluding tert-OH is 1. The van der Waals surface area contributed by atoms with Crippen LogP contribution in [0.15, 0.2) is 0 Å². The molecule has 23 heavy (non-hydrogen) atoms. The van der Waals surface area contributed by atoms with Gasteiger partial charge < -0.3 is 20.9 Å². The van der Waals surface area contributed by atoms with Crippen molar-refractivity contribution in [3.8, 4) is 0 Å². The van der Waals surface area contributed by atoms with Gasteiger partial charge in [-0.25, -0.2) is 4.79 Å². The van der Waals surface area contributed by atoms with Gasteiger partial charge in [0.1, 0.15) is 11.6 Å². The van der Waals surface area contributed by atoms with Gasteiger partial charge in [0.25, 0.3) is 5.91 Å². The fourth-order valence-electron chi connectivity index (χ4n) is 2.88. The summed E-state index contributed by atoms with van der Waals surface area (Å²) in [6.45, 7) is 5.02. The van der Waals surface area contributed by atoms with Gasteiger partial charge in [0.05, 0.1) is 6.61 Å². The molecule has 0 bridgehead atoms. The third kappa shape index (κ3) is 7.06. The lowest BCUT2D eigenvalue weighted by molar-refractivity contribution is -0.153. The van der Waals surface area contributed by atoms with Gasteiger partial charge in [0.15, 0.2) is 0 Å². The number of carbonyl (C=O) groups is 2. The minimum Gasteiger partial charge on any atom is -0.464 e. The van der Waals surface area contributed by atoms with Crippen molar-refractivity contribution in [1.82, 2.24) is 5.32 Å². The SMILES string of the molecule is CCOC(=O)C(C)(C)NC(=O)C(O)[C@H](N)CC1CCCCC1.Cl. The normalized spacial score (nSPS) is 18.5. The predicted octanol–water partition coefficient (Wildman–Crippen LogP) is 1.52. The minimum absolute atomic E-state index is 0. The number of halogens is 1. The predicted molar refractivity (Wildman–Crippen MR) is 91.3 cm³/mol. The number of nitrogens with one attached hydrogen (secondary N) is 1. The second kappa shape index (κ2) is 10.1. The lowest BCUT2D eigenvalue weighted by Crippen LogP contribution is -2.56. The number of hydrogen-bond acceptors (Lipinski definition) is 5. The van der Waals surface area contributed by atoms with Crippen LogP contribution in [0.3, 0.4) is 0 Å². The number of nitrogens with two attached hydrogens (primary N) is 1. The molecule has 2 atom stereocenters. The first-order chi connectivity index (χ1) is 10.3. The van der Waals surface area contributed by atoms with Crippen molar-refractivity contribution in [3.63, 3.8) is 0 Å². The first kappa shape index (κ1) is 22.1. The quantitative estimate of drug-likeness (QED) is 0.604. The Morgan fingerprint density at radius 1 is 1.30 bits per heavy atom. The molecule has 7 heteroatoms. The standard InChI is InChI=1S/C16H30N2O4.ClH/c1-4-22-15(21)16(2,3)18-14(20)13(19)12(17)10-11-8-6-5-7-9-11;/h11-13,19H,4-10,17H2,1-3H3,(H,18,20);1H/t12-,13?;/m1./s1. The summed E-state index contributed by atoms with van der Waals surface area (Å²) in [6, 6.07) is -0.610. The largest absolute Gasteiger partial charge is 0.464 e. The molecule has 0 aliphatic heterocycles. The Balaban J connectivity index is 0.00000484. The molecule has 1 rings (SSSR count). The zero-order chi connectivity index (χ0) is 16.8. The molecule has 0 aromatic carbocycles. The number of ether oxygens (including phenoxy) is 1. The summed E-state index contributed by atoms with van der Waals surface area (Å²) in [5.41, 5.74) is 4.79. The molecule has 0 saturated heterocycles. The molecule has 4 N–H and O–H groups in total. The van der Waals surface area contributed by atoms with E-state index in [-0.39, 0.29) is 19.0 Å². The van der Waals surface area contributed by atoms with E-state index in [2.05, 4.69) is 5.32 Å². The highest BCUT2D eigenvalue weighted by Crippen LogP contribution is 2.27. The van der Waals surface area contributed by atoms with Gasteiger partial charge in [0, 0.05) is 6.04 Å². The van der Waals surface area contributed by atoms with Crippen molar-refractivity contribution in [2.45, 2.75) is 77.0 Å². The Morgan fingerprint density at radius 2 is 1.87 bits per heavy atom. The van der Waals surface area contributed by atoms with Gasteiger partial charge in [-0.1, -0.05) is 32.1 Å². The summed E-state index contributed by atoms with van der Waals surface area (Å²) in [5.74, 6) is -0.679. The average Bonchev–Trinajstić information content (AvgIpc) is 2.47. The summed E-state index contributed by atoms with van der Waals surface area (Å²) in [7, 11) is 0. The fraction of sp³-hybridized carbons (Fsp3) is 0.875. The van der Waals surface area contributed by atoms with E-state index < -0.39 is 29.6 Å². The summed E-state index contributed by atoms with van der Waals surface area (Å²) < 4.78 is 4.90. The second-order valence-electron chi connectivity index (χ2n) is 6.68. The molecule has 0 aromatic rings. The molecule has 0 spiro atoms. The summed E-state index contributed by atoms with van der Waals surface area (Å²) in [4.78, 5) is 23.9. The second-order valence-corrected chi connectivity index (χ2v) is 6.68. The van der Waals surface area contributed by atoms with E-state index in [4.69, 9.17) is 10.5 Å². The lowest BCUT2D eigenvalue weighted by Gasteiger charge is -2.29. The van der Waals surface area contributed by atoms with E-state index >= 15 is 0 Å². The monoisotopic (exact) mass is 350 g/mol. The molecular weight excluding hydrogens is 320 g/mol. The number of hydrogen-bond donors (Lipinski definition) is 3. The number of esters is 1. The van der Waals surface area contributed by atoms with E-state index in [0.717, 1.165) is 12.8 Å². The first-order valence-corrected chi connectivity index (χ1v) is 8.20. The van der Waals surface area contributed by atoms with Gasteiger partial charge in [-0.3, -0.25) is 4.79 Å². The van der Waals surface area contributed by atoms with Gasteiger partial charge in [-0.15, -0.1) is 12.4 Å². The van der Waals surface area contributed by atoms with Gasteiger partial charge in [-0.2, -0.15) is 0 Å². The van der Waals surface area contributed by atoms with Crippen LogP contribution in [0.1, 0.15) is 59.3 Å². The summed E-state index contributed by atoms with van der Waals surface area (Å²) in [6.07, 6.45) is 5.17. The molecule has 136 valence electrons. The topological polar surface area (TPSA) is 102 Å². The Hall–Kier alpha value is -0.850. The van der Waals surface area contributed by atoms with Crippen molar-refractivity contribution in [2.75, 3.05) is 6.61 Å². The Kier molecular flexibility index (Phi) is 9.73. The maximum Gasteiger partial charge on any atom is 0.331 e. The molecule has 0 aromatic heterocycles. The van der Waals surface area contributed by atoms with Crippen LogP contribution in [-0.2, 0) is 14.3 Å². The molecule has 0 radical (unpaired) electrons. The third-order valence-electron chi connectivity index (χ3n) is 4.23. The third-order valence-corrected chi connectivity index (χ3v) is 4.23. The molecule has 1 aliphatic rings. The van der Waals surface area contributed by atoms with Crippen LogP contribution in [0, 0.1) is 5.92 Å². The Morgan fingerprint density at radius 3 is 2.39 bits per heavy atom. The maximum absolute atomic E-state index is 12.1. The molecular formula is C16H31ClN2O4. The number of rotatable bonds is 7. The van der Waals surface area contributed by atoms with Crippen molar-refractivity contribution >= 4 is 24.3 Å². The van der Waals surface area contributed by atoms with E-state index in [1.54, 1.807) is 20.8 Å². The molecule has 1 amide bonds. The van der Waals surface area contributed by atoms with Crippen LogP contribution in [0.25, 0.3) is 0 Å². The van der Waals surface area contributed by atoms with Crippen LogP contribution in [0.2, 0.25) is 0 Å². The van der Waals surface area contributed by atoms with Crippen LogP contribution >= 0.6 is 12.4 Å². The number of carbonyl (C=O) groups excluding carboxylic acids is 2. The fourth-order valence-corrected chi connectivity index (χ4v) is 2.88. The summed E-state index contributed by atoms with van der Waals surface area (Å²) >= 11 is 0. The lowest BCUT2D eigenvalue weighted by atomic mass is 9.84. The van der Waals surface area contributed by atoms with Crippen LogP contribution in [0.4, 0.5) is 0 Å². The van der Waals surface area contributed by atoms with Crippen molar-refractivity contribution in [3.05, 3.63) is 0 Å². The summed E-state index contributed by atoms with van der Waals surface area (Å²) in [5, 5.41) is 12.6. The molecule has 1 aliphatic carbocycles. The Bertz CT molecular complexity index is 384. The van der Waals surface area contributed by atoms with Crippen LogP contribution in [0.5, 0.6) is 0 Å². The highest BCUT2D eigenvalue weighted by Gasteiger charge is 2.35. The molecule has 1 saturated carbocycles. The van der Waals surface area contributed by atoms with Gasteiger partial charge in [-0.05, 0) is 33.1 Å². The molecule has 1 fully saturated rings. The van der Waals surface area contributed by atoms with E-state index in [9.17, 15) is 14.7 Å². The molecule has 1 unspecified atom stereocenters. The number of aliphatic hydroxyl groups is 1. The minimum atomic E-state index is -1.31. The van der Waals surface area contributed by atoms with Crippen molar-refractivity contribution < 1.29 is 19.4 Å². The van der Waals surface area contributed by atoms with E-state index in [0.29, 0.717) is 12.3 Å². The van der Waals surface area contributed by atoms with E-state index in [1.807, 2.05) is 0 Å². The maximum atomic E-state index is 12.1. The van der Waals surface area contributed by atoms with Crippen molar-refractivity contribution in [2.24, 2.45) is 11.7 Å². The smallest absolute Gasteiger partial charge is 0.331 e. The highest BCUT2D eigenvalue weighted by atomic mass is 35.5. The highest BCUT2D eigenvalue weighted by molar-refractivity contribution is 5.89. The zero-order valence-corrected chi connectivity index (χ0v) is 15.2. The first-order valence-electron chi connectivity index (χ1n) is 8.20.